The standard InChI is InChI=1S/C24H18ClN3OS/c25-18-10-8-17(9-11-18)22-14-28-19(15-30-24(28)27-22)12-13-23(29)26-21-7-3-5-16-4-1-2-6-20(16)21/h1-11,14-15H,12-13H2,(H,26,29). The monoisotopic (exact) mass is 431 g/mol. The van der Waals surface area contributed by atoms with Crippen molar-refractivity contribution in [2.75, 3.05) is 5.32 Å². The Kier molecular flexibility index (Phi) is 4.99. The molecular formula is C24H18ClN3OS. The molecule has 0 aliphatic heterocycles. The SMILES string of the molecule is O=C(CCc1csc2nc(-c3ccc(Cl)cc3)cn12)Nc1cccc2ccccc12. The predicted molar refractivity (Wildman–Crippen MR) is 124 cm³/mol. The Bertz CT molecular complexity index is 1350. The molecule has 0 atom stereocenters. The lowest BCUT2D eigenvalue weighted by atomic mass is 10.1. The van der Waals surface area contributed by atoms with Gasteiger partial charge in [0, 0.05) is 45.4 Å². The van der Waals surface area contributed by atoms with Crippen LogP contribution >= 0.6 is 22.9 Å². The van der Waals surface area contributed by atoms with E-state index in [4.69, 9.17) is 16.6 Å². The largest absolute Gasteiger partial charge is 0.326 e. The molecule has 0 aliphatic rings. The third kappa shape index (κ3) is 3.70. The molecular weight excluding hydrogens is 414 g/mol. The summed E-state index contributed by atoms with van der Waals surface area (Å²) in [7, 11) is 0. The average molecular weight is 432 g/mol. The van der Waals surface area contributed by atoms with Gasteiger partial charge in [0.1, 0.15) is 0 Å². The zero-order valence-electron chi connectivity index (χ0n) is 16.0. The van der Waals surface area contributed by atoms with Gasteiger partial charge in [-0.1, -0.05) is 60.1 Å². The highest BCUT2D eigenvalue weighted by atomic mass is 35.5. The van der Waals surface area contributed by atoms with Crippen LogP contribution in [-0.2, 0) is 11.2 Å². The second-order valence-electron chi connectivity index (χ2n) is 7.09. The van der Waals surface area contributed by atoms with E-state index in [0.29, 0.717) is 17.9 Å². The van der Waals surface area contributed by atoms with E-state index < -0.39 is 0 Å². The van der Waals surface area contributed by atoms with Crippen LogP contribution in [0.3, 0.4) is 0 Å². The van der Waals surface area contributed by atoms with Gasteiger partial charge in [0.05, 0.1) is 5.69 Å². The smallest absolute Gasteiger partial charge is 0.224 e. The average Bonchev–Trinajstić information content (AvgIpc) is 3.34. The second kappa shape index (κ2) is 7.94. The maximum Gasteiger partial charge on any atom is 0.224 e. The van der Waals surface area contributed by atoms with Gasteiger partial charge in [-0.2, -0.15) is 0 Å². The number of nitrogens with one attached hydrogen (secondary N) is 1. The number of carbonyl (C=O) groups is 1. The molecule has 30 heavy (non-hydrogen) atoms. The van der Waals surface area contributed by atoms with Crippen LogP contribution in [0.5, 0.6) is 0 Å². The Morgan fingerprint density at radius 1 is 1.03 bits per heavy atom. The number of hydrogen-bond donors (Lipinski definition) is 1. The minimum absolute atomic E-state index is 0.00347. The molecule has 1 N–H and O–H groups in total. The number of aromatic nitrogens is 2. The molecule has 0 aliphatic carbocycles. The Hall–Kier alpha value is -3.15. The van der Waals surface area contributed by atoms with Gasteiger partial charge < -0.3 is 5.32 Å². The zero-order valence-corrected chi connectivity index (χ0v) is 17.6. The van der Waals surface area contributed by atoms with Crippen LogP contribution in [0.2, 0.25) is 5.02 Å². The molecule has 5 aromatic rings. The Labute approximate surface area is 182 Å². The van der Waals surface area contributed by atoms with E-state index in [0.717, 1.165) is 38.4 Å². The quantitative estimate of drug-likeness (QED) is 0.348. The van der Waals surface area contributed by atoms with Gasteiger partial charge in [-0.25, -0.2) is 4.98 Å². The highest BCUT2D eigenvalue weighted by Gasteiger charge is 2.12. The van der Waals surface area contributed by atoms with Crippen LogP contribution in [0, 0.1) is 0 Å². The van der Waals surface area contributed by atoms with E-state index in [1.807, 2.05) is 72.9 Å². The Morgan fingerprint density at radius 2 is 1.83 bits per heavy atom. The number of imidazole rings is 1. The topological polar surface area (TPSA) is 46.4 Å². The minimum Gasteiger partial charge on any atom is -0.326 e. The summed E-state index contributed by atoms with van der Waals surface area (Å²) in [6, 6.07) is 21.7. The van der Waals surface area contributed by atoms with E-state index in [1.54, 1.807) is 11.3 Å². The van der Waals surface area contributed by atoms with Crippen molar-refractivity contribution in [2.45, 2.75) is 12.8 Å². The molecule has 3 aromatic carbocycles. The molecule has 148 valence electrons. The van der Waals surface area contributed by atoms with Crippen LogP contribution in [-0.4, -0.2) is 15.3 Å². The molecule has 2 aromatic heterocycles. The first-order valence-electron chi connectivity index (χ1n) is 9.66. The molecule has 0 saturated carbocycles. The number of carbonyl (C=O) groups excluding carboxylic acids is 1. The van der Waals surface area contributed by atoms with Gasteiger partial charge in [-0.15, -0.1) is 11.3 Å². The summed E-state index contributed by atoms with van der Waals surface area (Å²) in [6.45, 7) is 0. The number of fused-ring (bicyclic) bond motifs is 2. The van der Waals surface area contributed by atoms with Crippen LogP contribution in [0.1, 0.15) is 12.1 Å². The van der Waals surface area contributed by atoms with Gasteiger partial charge in [0.25, 0.3) is 0 Å². The van der Waals surface area contributed by atoms with Crippen molar-refractivity contribution in [2.24, 2.45) is 0 Å². The number of benzene rings is 3. The number of thiazole rings is 1. The van der Waals surface area contributed by atoms with Crippen molar-refractivity contribution in [3.63, 3.8) is 0 Å². The number of rotatable bonds is 5. The lowest BCUT2D eigenvalue weighted by Crippen LogP contribution is -2.13. The zero-order chi connectivity index (χ0) is 20.5. The maximum atomic E-state index is 12.6. The number of hydrogen-bond acceptors (Lipinski definition) is 3. The summed E-state index contributed by atoms with van der Waals surface area (Å²) in [5.41, 5.74) is 3.85. The van der Waals surface area contributed by atoms with E-state index in [-0.39, 0.29) is 5.91 Å². The van der Waals surface area contributed by atoms with Crippen LogP contribution < -0.4 is 5.32 Å². The van der Waals surface area contributed by atoms with E-state index >= 15 is 0 Å². The van der Waals surface area contributed by atoms with E-state index in [9.17, 15) is 4.79 Å². The molecule has 0 saturated heterocycles. The molecule has 0 radical (unpaired) electrons. The van der Waals surface area contributed by atoms with Crippen LogP contribution in [0.4, 0.5) is 5.69 Å². The predicted octanol–water partition coefficient (Wildman–Crippen LogP) is 6.44. The van der Waals surface area contributed by atoms with E-state index in [2.05, 4.69) is 15.1 Å². The van der Waals surface area contributed by atoms with Crippen LogP contribution in [0.15, 0.2) is 78.3 Å². The second-order valence-corrected chi connectivity index (χ2v) is 8.36. The fourth-order valence-electron chi connectivity index (χ4n) is 3.56. The first-order chi connectivity index (χ1) is 14.7. The molecule has 0 spiro atoms. The Morgan fingerprint density at radius 3 is 2.70 bits per heavy atom. The van der Waals surface area contributed by atoms with Crippen molar-refractivity contribution in [3.05, 3.63) is 89.0 Å². The molecule has 5 rings (SSSR count). The fourth-order valence-corrected chi connectivity index (χ4v) is 4.59. The van der Waals surface area contributed by atoms with E-state index in [1.165, 1.54) is 0 Å². The first kappa shape index (κ1) is 18.9. The molecule has 6 heteroatoms. The molecule has 0 unspecified atom stereocenters. The molecule has 1 amide bonds. The summed E-state index contributed by atoms with van der Waals surface area (Å²) in [5, 5.41) is 8.00. The minimum atomic E-state index is 0.00347. The fraction of sp³-hybridized carbons (Fsp3) is 0.0833. The molecule has 0 bridgehead atoms. The number of amides is 1. The lowest BCUT2D eigenvalue weighted by molar-refractivity contribution is -0.116. The number of aryl methyl sites for hydroxylation is 1. The summed E-state index contributed by atoms with van der Waals surface area (Å²) >= 11 is 7.57. The van der Waals surface area contributed by atoms with Crippen molar-refractivity contribution in [3.8, 4) is 11.3 Å². The summed E-state index contributed by atoms with van der Waals surface area (Å²) in [4.78, 5) is 18.2. The summed E-state index contributed by atoms with van der Waals surface area (Å²) in [5.74, 6) is 0.00347. The van der Waals surface area contributed by atoms with Gasteiger partial charge in [-0.3, -0.25) is 9.20 Å². The van der Waals surface area contributed by atoms with Gasteiger partial charge in [0.2, 0.25) is 5.91 Å². The van der Waals surface area contributed by atoms with Crippen molar-refractivity contribution >= 4 is 50.3 Å². The normalized spacial score (nSPS) is 11.2. The number of halogens is 1. The molecule has 4 nitrogen and oxygen atoms in total. The van der Waals surface area contributed by atoms with Gasteiger partial charge in [0.15, 0.2) is 4.96 Å². The first-order valence-corrected chi connectivity index (χ1v) is 10.9. The lowest BCUT2D eigenvalue weighted by Gasteiger charge is -2.08. The third-order valence-corrected chi connectivity index (χ3v) is 6.24. The molecule has 0 fully saturated rings. The highest BCUT2D eigenvalue weighted by molar-refractivity contribution is 7.15. The number of anilines is 1. The van der Waals surface area contributed by atoms with Crippen molar-refractivity contribution < 1.29 is 4.79 Å². The molecule has 2 heterocycles. The summed E-state index contributed by atoms with van der Waals surface area (Å²) in [6.07, 6.45) is 3.07. The third-order valence-electron chi connectivity index (χ3n) is 5.10. The number of nitrogens with zero attached hydrogens (tertiary/aromatic N) is 2. The maximum absolute atomic E-state index is 12.6. The summed E-state index contributed by atoms with van der Waals surface area (Å²) < 4.78 is 2.07. The van der Waals surface area contributed by atoms with Crippen molar-refractivity contribution in [1.29, 1.82) is 0 Å². The van der Waals surface area contributed by atoms with Crippen LogP contribution in [0.25, 0.3) is 27.0 Å². The highest BCUT2D eigenvalue weighted by Crippen LogP contribution is 2.26. The van der Waals surface area contributed by atoms with Crippen molar-refractivity contribution in [1.82, 2.24) is 9.38 Å². The van der Waals surface area contributed by atoms with Gasteiger partial charge >= 0.3 is 0 Å². The van der Waals surface area contributed by atoms with Gasteiger partial charge in [-0.05, 0) is 30.0 Å². The Balaban J connectivity index is 1.31.